The van der Waals surface area contributed by atoms with Crippen LogP contribution in [0.2, 0.25) is 5.02 Å². The van der Waals surface area contributed by atoms with Crippen LogP contribution in [0, 0.1) is 11.7 Å². The topological polar surface area (TPSA) is 15.3 Å². The smallest absolute Gasteiger partial charge is 0.165 e. The van der Waals surface area contributed by atoms with Gasteiger partial charge < -0.3 is 10.2 Å². The maximum Gasteiger partial charge on any atom is 0.165 e. The molecule has 1 heterocycles. The highest BCUT2D eigenvalue weighted by atomic mass is 35.5. The molecule has 1 saturated heterocycles. The standard InChI is InChI=1S/C15H22ClFN2/c1-11(2)9-12-10-19(8-4-7-18-12)14-6-3-5-13(16)15(14)17/h3,5-6,11-12,18H,4,7-10H2,1-2H3. The minimum absolute atomic E-state index is 0.204. The Bertz CT molecular complexity index is 423. The fraction of sp³-hybridized carbons (Fsp3) is 0.600. The molecule has 1 aromatic carbocycles. The van der Waals surface area contributed by atoms with Crippen molar-refractivity contribution in [3.05, 3.63) is 29.0 Å². The zero-order chi connectivity index (χ0) is 13.8. The highest BCUT2D eigenvalue weighted by Crippen LogP contribution is 2.27. The molecular formula is C15H22ClFN2. The van der Waals surface area contributed by atoms with Gasteiger partial charge in [-0.15, -0.1) is 0 Å². The number of hydrogen-bond donors (Lipinski definition) is 1. The summed E-state index contributed by atoms with van der Waals surface area (Å²) in [5.74, 6) is 0.344. The van der Waals surface area contributed by atoms with E-state index in [-0.39, 0.29) is 10.8 Å². The molecule has 106 valence electrons. The third kappa shape index (κ3) is 3.83. The molecule has 1 aromatic rings. The predicted octanol–water partition coefficient (Wildman–Crippen LogP) is 3.69. The van der Waals surface area contributed by atoms with E-state index in [1.807, 2.05) is 12.1 Å². The molecule has 0 saturated carbocycles. The van der Waals surface area contributed by atoms with Crippen molar-refractivity contribution in [3.63, 3.8) is 0 Å². The predicted molar refractivity (Wildman–Crippen MR) is 79.5 cm³/mol. The Kier molecular flexibility index (Phi) is 5.06. The van der Waals surface area contributed by atoms with Gasteiger partial charge in [0.15, 0.2) is 5.82 Å². The van der Waals surface area contributed by atoms with Gasteiger partial charge in [0.1, 0.15) is 0 Å². The van der Waals surface area contributed by atoms with Crippen molar-refractivity contribution in [1.82, 2.24) is 5.32 Å². The average molecular weight is 285 g/mol. The van der Waals surface area contributed by atoms with Gasteiger partial charge in [-0.05, 0) is 37.4 Å². The summed E-state index contributed by atoms with van der Waals surface area (Å²) in [5.41, 5.74) is 0.630. The van der Waals surface area contributed by atoms with Crippen molar-refractivity contribution in [1.29, 1.82) is 0 Å². The molecule has 0 aromatic heterocycles. The van der Waals surface area contributed by atoms with Crippen LogP contribution < -0.4 is 10.2 Å². The van der Waals surface area contributed by atoms with Gasteiger partial charge in [-0.2, -0.15) is 0 Å². The van der Waals surface area contributed by atoms with Gasteiger partial charge in [0.2, 0.25) is 0 Å². The summed E-state index contributed by atoms with van der Waals surface area (Å²) < 4.78 is 14.1. The number of nitrogens with one attached hydrogen (secondary N) is 1. The summed E-state index contributed by atoms with van der Waals surface area (Å²) in [4.78, 5) is 2.12. The zero-order valence-corrected chi connectivity index (χ0v) is 12.4. The molecule has 0 spiro atoms. The Hall–Kier alpha value is -0.800. The molecular weight excluding hydrogens is 263 g/mol. The Morgan fingerprint density at radius 2 is 2.26 bits per heavy atom. The third-order valence-electron chi connectivity index (χ3n) is 3.51. The molecule has 19 heavy (non-hydrogen) atoms. The minimum atomic E-state index is -0.297. The highest BCUT2D eigenvalue weighted by Gasteiger charge is 2.21. The van der Waals surface area contributed by atoms with E-state index >= 15 is 0 Å². The van der Waals surface area contributed by atoms with E-state index in [1.54, 1.807) is 6.07 Å². The van der Waals surface area contributed by atoms with Crippen molar-refractivity contribution >= 4 is 17.3 Å². The molecule has 1 atom stereocenters. The van der Waals surface area contributed by atoms with Crippen LogP contribution in [0.3, 0.4) is 0 Å². The van der Waals surface area contributed by atoms with E-state index in [9.17, 15) is 4.39 Å². The van der Waals surface area contributed by atoms with Crippen LogP contribution in [0.15, 0.2) is 18.2 Å². The van der Waals surface area contributed by atoms with E-state index < -0.39 is 0 Å². The SMILES string of the molecule is CC(C)CC1CN(c2cccc(Cl)c2F)CCCN1. The molecule has 1 fully saturated rings. The average Bonchev–Trinajstić information content (AvgIpc) is 2.57. The quantitative estimate of drug-likeness (QED) is 0.911. The molecule has 2 nitrogen and oxygen atoms in total. The first-order valence-corrected chi connectivity index (χ1v) is 7.38. The summed E-state index contributed by atoms with van der Waals surface area (Å²) in [6.07, 6.45) is 2.14. The lowest BCUT2D eigenvalue weighted by Gasteiger charge is -2.27. The fourth-order valence-corrected chi connectivity index (χ4v) is 2.85. The van der Waals surface area contributed by atoms with Crippen molar-refractivity contribution in [2.75, 3.05) is 24.5 Å². The van der Waals surface area contributed by atoms with E-state index in [4.69, 9.17) is 11.6 Å². The largest absolute Gasteiger partial charge is 0.368 e. The minimum Gasteiger partial charge on any atom is -0.368 e. The van der Waals surface area contributed by atoms with Gasteiger partial charge >= 0.3 is 0 Å². The summed E-state index contributed by atoms with van der Waals surface area (Å²) >= 11 is 5.88. The first-order chi connectivity index (χ1) is 9.08. The van der Waals surface area contributed by atoms with Crippen LogP contribution in [-0.4, -0.2) is 25.7 Å². The Morgan fingerprint density at radius 3 is 3.00 bits per heavy atom. The number of anilines is 1. The number of hydrogen-bond acceptors (Lipinski definition) is 2. The van der Waals surface area contributed by atoms with Gasteiger partial charge in [-0.3, -0.25) is 0 Å². The lowest BCUT2D eigenvalue weighted by Crippen LogP contribution is -2.38. The van der Waals surface area contributed by atoms with E-state index in [0.717, 1.165) is 32.5 Å². The molecule has 0 radical (unpaired) electrons. The van der Waals surface area contributed by atoms with Crippen LogP contribution in [0.1, 0.15) is 26.7 Å². The molecule has 0 amide bonds. The van der Waals surface area contributed by atoms with Crippen molar-refractivity contribution in [3.8, 4) is 0 Å². The van der Waals surface area contributed by atoms with Crippen LogP contribution >= 0.6 is 11.6 Å². The first kappa shape index (κ1) is 14.6. The molecule has 1 aliphatic heterocycles. The van der Waals surface area contributed by atoms with Gasteiger partial charge in [0.05, 0.1) is 10.7 Å². The molecule has 1 aliphatic rings. The van der Waals surface area contributed by atoms with E-state index in [0.29, 0.717) is 17.6 Å². The number of halogens is 2. The lowest BCUT2D eigenvalue weighted by atomic mass is 10.0. The Balaban J connectivity index is 2.15. The lowest BCUT2D eigenvalue weighted by molar-refractivity contribution is 0.435. The normalized spacial score (nSPS) is 20.7. The second-order valence-corrected chi connectivity index (χ2v) is 6.06. The molecule has 0 bridgehead atoms. The first-order valence-electron chi connectivity index (χ1n) is 7.00. The maximum atomic E-state index is 14.1. The van der Waals surface area contributed by atoms with E-state index in [1.165, 1.54) is 0 Å². The van der Waals surface area contributed by atoms with Crippen LogP contribution in [-0.2, 0) is 0 Å². The third-order valence-corrected chi connectivity index (χ3v) is 3.80. The van der Waals surface area contributed by atoms with Crippen LogP contribution in [0.25, 0.3) is 0 Å². The molecule has 0 aliphatic carbocycles. The monoisotopic (exact) mass is 284 g/mol. The van der Waals surface area contributed by atoms with Crippen molar-refractivity contribution in [2.45, 2.75) is 32.7 Å². The summed E-state index contributed by atoms with van der Waals surface area (Å²) in [7, 11) is 0. The fourth-order valence-electron chi connectivity index (χ4n) is 2.68. The number of rotatable bonds is 3. The molecule has 1 N–H and O–H groups in total. The van der Waals surface area contributed by atoms with Gasteiger partial charge in [0, 0.05) is 19.1 Å². The summed E-state index contributed by atoms with van der Waals surface area (Å²) in [6, 6.07) is 5.65. The zero-order valence-electron chi connectivity index (χ0n) is 11.6. The highest BCUT2D eigenvalue weighted by molar-refractivity contribution is 6.31. The molecule has 4 heteroatoms. The maximum absolute atomic E-state index is 14.1. The molecule has 2 rings (SSSR count). The Morgan fingerprint density at radius 1 is 1.47 bits per heavy atom. The van der Waals surface area contributed by atoms with Gasteiger partial charge in [-0.1, -0.05) is 31.5 Å². The van der Waals surface area contributed by atoms with Crippen molar-refractivity contribution < 1.29 is 4.39 Å². The van der Waals surface area contributed by atoms with Gasteiger partial charge in [0.25, 0.3) is 0 Å². The molecule has 1 unspecified atom stereocenters. The summed E-state index contributed by atoms with van der Waals surface area (Å²) in [6.45, 7) is 7.15. The van der Waals surface area contributed by atoms with Crippen LogP contribution in [0.4, 0.5) is 10.1 Å². The summed E-state index contributed by atoms with van der Waals surface area (Å²) in [5, 5.41) is 3.75. The second-order valence-electron chi connectivity index (χ2n) is 5.65. The Labute approximate surface area is 119 Å². The number of nitrogens with zero attached hydrogens (tertiary/aromatic N) is 1. The van der Waals surface area contributed by atoms with Crippen LogP contribution in [0.5, 0.6) is 0 Å². The number of benzene rings is 1. The second kappa shape index (κ2) is 6.58. The van der Waals surface area contributed by atoms with E-state index in [2.05, 4.69) is 24.1 Å². The van der Waals surface area contributed by atoms with Gasteiger partial charge in [-0.25, -0.2) is 4.39 Å². The van der Waals surface area contributed by atoms with Crippen molar-refractivity contribution in [2.24, 2.45) is 5.92 Å².